The fourth-order valence-electron chi connectivity index (χ4n) is 1.74. The number of rotatable bonds is 7. The van der Waals surface area contributed by atoms with Crippen molar-refractivity contribution in [1.82, 2.24) is 4.90 Å². The van der Waals surface area contributed by atoms with E-state index in [4.69, 9.17) is 9.84 Å². The molecule has 0 spiro atoms. The maximum absolute atomic E-state index is 10.4. The third-order valence-corrected chi connectivity index (χ3v) is 3.11. The molecular weight excluding hydrogens is 298 g/mol. The summed E-state index contributed by atoms with van der Waals surface area (Å²) in [4.78, 5) is 12.5. The SMILES string of the molecule is COc1ccc(Br)cc1CN(C)CCCC(=O)O. The van der Waals surface area contributed by atoms with Crippen molar-refractivity contribution in [3.8, 4) is 5.75 Å². The molecular formula is C13H18BrNO3. The molecule has 5 heteroatoms. The quantitative estimate of drug-likeness (QED) is 0.840. The first-order chi connectivity index (χ1) is 8.52. The normalized spacial score (nSPS) is 10.7. The Morgan fingerprint density at radius 2 is 2.22 bits per heavy atom. The van der Waals surface area contributed by atoms with Crippen molar-refractivity contribution in [2.24, 2.45) is 0 Å². The number of carboxylic acids is 1. The van der Waals surface area contributed by atoms with Gasteiger partial charge in [0.1, 0.15) is 5.75 Å². The first kappa shape index (κ1) is 15.0. The van der Waals surface area contributed by atoms with Gasteiger partial charge in [-0.3, -0.25) is 4.79 Å². The average molecular weight is 316 g/mol. The van der Waals surface area contributed by atoms with E-state index < -0.39 is 5.97 Å². The number of carboxylic acid groups (broad SMARTS) is 1. The minimum absolute atomic E-state index is 0.208. The van der Waals surface area contributed by atoms with Gasteiger partial charge in [-0.15, -0.1) is 0 Å². The van der Waals surface area contributed by atoms with Crippen molar-refractivity contribution in [2.75, 3.05) is 20.7 Å². The second-order valence-electron chi connectivity index (χ2n) is 4.19. The zero-order valence-corrected chi connectivity index (χ0v) is 12.2. The molecule has 0 aliphatic carbocycles. The van der Waals surface area contributed by atoms with Crippen LogP contribution >= 0.6 is 15.9 Å². The van der Waals surface area contributed by atoms with Crippen molar-refractivity contribution in [3.05, 3.63) is 28.2 Å². The number of ether oxygens (including phenoxy) is 1. The van der Waals surface area contributed by atoms with Crippen LogP contribution in [0.1, 0.15) is 18.4 Å². The molecule has 0 atom stereocenters. The summed E-state index contributed by atoms with van der Waals surface area (Å²) in [5.41, 5.74) is 1.09. The van der Waals surface area contributed by atoms with Crippen LogP contribution in [0.15, 0.2) is 22.7 Å². The number of aliphatic carboxylic acids is 1. The molecule has 100 valence electrons. The third-order valence-electron chi connectivity index (χ3n) is 2.61. The highest BCUT2D eigenvalue weighted by atomic mass is 79.9. The van der Waals surface area contributed by atoms with Gasteiger partial charge in [-0.2, -0.15) is 0 Å². The highest BCUT2D eigenvalue weighted by molar-refractivity contribution is 9.10. The zero-order valence-electron chi connectivity index (χ0n) is 10.6. The van der Waals surface area contributed by atoms with Crippen LogP contribution < -0.4 is 4.74 Å². The summed E-state index contributed by atoms with van der Waals surface area (Å²) in [5.74, 6) is 0.103. The van der Waals surface area contributed by atoms with Gasteiger partial charge in [-0.05, 0) is 38.2 Å². The number of nitrogens with zero attached hydrogens (tertiary/aromatic N) is 1. The number of halogens is 1. The smallest absolute Gasteiger partial charge is 0.303 e. The molecule has 0 heterocycles. The molecule has 1 N–H and O–H groups in total. The number of methoxy groups -OCH3 is 1. The first-order valence-electron chi connectivity index (χ1n) is 5.75. The Labute approximate surface area is 116 Å². The van der Waals surface area contributed by atoms with Gasteiger partial charge in [-0.25, -0.2) is 0 Å². The lowest BCUT2D eigenvalue weighted by Gasteiger charge is -2.18. The molecule has 18 heavy (non-hydrogen) atoms. The number of hydrogen-bond donors (Lipinski definition) is 1. The molecule has 0 saturated heterocycles. The van der Waals surface area contributed by atoms with Gasteiger partial charge in [0, 0.05) is 23.0 Å². The van der Waals surface area contributed by atoms with Crippen LogP contribution in [0.4, 0.5) is 0 Å². The molecule has 0 unspecified atom stereocenters. The summed E-state index contributed by atoms with van der Waals surface area (Å²) < 4.78 is 6.31. The zero-order chi connectivity index (χ0) is 13.5. The van der Waals surface area contributed by atoms with Crippen LogP contribution in [-0.2, 0) is 11.3 Å². The Hall–Kier alpha value is -1.07. The lowest BCUT2D eigenvalue weighted by atomic mass is 10.2. The van der Waals surface area contributed by atoms with Crippen molar-refractivity contribution in [2.45, 2.75) is 19.4 Å². The Bertz CT molecular complexity index is 409. The number of hydrogen-bond acceptors (Lipinski definition) is 3. The fourth-order valence-corrected chi connectivity index (χ4v) is 2.15. The van der Waals surface area contributed by atoms with Gasteiger partial charge in [0.25, 0.3) is 0 Å². The Morgan fingerprint density at radius 3 is 2.83 bits per heavy atom. The molecule has 0 aliphatic rings. The molecule has 4 nitrogen and oxygen atoms in total. The summed E-state index contributed by atoms with van der Waals surface area (Å²) in [6.07, 6.45) is 0.863. The van der Waals surface area contributed by atoms with E-state index in [2.05, 4.69) is 20.8 Å². The summed E-state index contributed by atoms with van der Waals surface area (Å²) in [6, 6.07) is 5.88. The maximum Gasteiger partial charge on any atom is 0.303 e. The van der Waals surface area contributed by atoms with Gasteiger partial charge in [0.05, 0.1) is 7.11 Å². The van der Waals surface area contributed by atoms with E-state index in [0.29, 0.717) is 6.42 Å². The molecule has 1 rings (SSSR count). The predicted molar refractivity (Wildman–Crippen MR) is 73.9 cm³/mol. The monoisotopic (exact) mass is 315 g/mol. The topological polar surface area (TPSA) is 49.8 Å². The molecule has 0 bridgehead atoms. The maximum atomic E-state index is 10.4. The first-order valence-corrected chi connectivity index (χ1v) is 6.55. The highest BCUT2D eigenvalue weighted by Crippen LogP contribution is 2.24. The molecule has 0 amide bonds. The van der Waals surface area contributed by atoms with Crippen LogP contribution in [0.5, 0.6) is 5.75 Å². The number of benzene rings is 1. The van der Waals surface area contributed by atoms with Gasteiger partial charge < -0.3 is 14.7 Å². The Morgan fingerprint density at radius 1 is 1.50 bits per heavy atom. The molecule has 1 aromatic rings. The minimum Gasteiger partial charge on any atom is -0.496 e. The van der Waals surface area contributed by atoms with Crippen molar-refractivity contribution >= 4 is 21.9 Å². The summed E-state index contributed by atoms with van der Waals surface area (Å²) in [6.45, 7) is 1.49. The van der Waals surface area contributed by atoms with Crippen LogP contribution in [-0.4, -0.2) is 36.7 Å². The molecule has 0 saturated carbocycles. The van der Waals surface area contributed by atoms with Gasteiger partial charge in [0.2, 0.25) is 0 Å². The van der Waals surface area contributed by atoms with Crippen LogP contribution in [0.2, 0.25) is 0 Å². The van der Waals surface area contributed by atoms with Crippen LogP contribution in [0, 0.1) is 0 Å². The second-order valence-corrected chi connectivity index (χ2v) is 5.11. The van der Waals surface area contributed by atoms with E-state index in [9.17, 15) is 4.79 Å². The molecule has 0 aliphatic heterocycles. The fraction of sp³-hybridized carbons (Fsp3) is 0.462. The molecule has 0 radical (unpaired) electrons. The molecule has 0 fully saturated rings. The van der Waals surface area contributed by atoms with Gasteiger partial charge in [-0.1, -0.05) is 15.9 Å². The largest absolute Gasteiger partial charge is 0.496 e. The lowest BCUT2D eigenvalue weighted by molar-refractivity contribution is -0.137. The summed E-state index contributed by atoms with van der Waals surface area (Å²) in [5, 5.41) is 8.59. The van der Waals surface area contributed by atoms with Crippen molar-refractivity contribution in [3.63, 3.8) is 0 Å². The molecule has 0 aromatic heterocycles. The summed E-state index contributed by atoms with van der Waals surface area (Å²) in [7, 11) is 3.62. The predicted octanol–water partition coefficient (Wildman–Crippen LogP) is 2.75. The third kappa shape index (κ3) is 5.06. The molecule has 1 aromatic carbocycles. The van der Waals surface area contributed by atoms with E-state index in [1.807, 2.05) is 25.2 Å². The van der Waals surface area contributed by atoms with E-state index in [1.54, 1.807) is 7.11 Å². The van der Waals surface area contributed by atoms with Crippen LogP contribution in [0.25, 0.3) is 0 Å². The Kier molecular flexibility index (Phi) is 6.15. The van der Waals surface area contributed by atoms with Crippen molar-refractivity contribution in [1.29, 1.82) is 0 Å². The Balaban J connectivity index is 2.55. The number of carbonyl (C=O) groups is 1. The van der Waals surface area contributed by atoms with E-state index >= 15 is 0 Å². The van der Waals surface area contributed by atoms with Crippen LogP contribution in [0.3, 0.4) is 0 Å². The van der Waals surface area contributed by atoms with E-state index in [1.165, 1.54) is 0 Å². The van der Waals surface area contributed by atoms with Gasteiger partial charge >= 0.3 is 5.97 Å². The lowest BCUT2D eigenvalue weighted by Crippen LogP contribution is -2.20. The highest BCUT2D eigenvalue weighted by Gasteiger charge is 2.07. The second kappa shape index (κ2) is 7.38. The van der Waals surface area contributed by atoms with Gasteiger partial charge in [0.15, 0.2) is 0 Å². The van der Waals surface area contributed by atoms with E-state index in [-0.39, 0.29) is 6.42 Å². The minimum atomic E-state index is -0.747. The standard InChI is InChI=1S/C13H18BrNO3/c1-15(7-3-4-13(16)17)9-10-8-11(14)5-6-12(10)18-2/h5-6,8H,3-4,7,9H2,1-2H3,(H,16,17). The average Bonchev–Trinajstić information content (AvgIpc) is 2.28. The van der Waals surface area contributed by atoms with E-state index in [0.717, 1.165) is 28.9 Å². The van der Waals surface area contributed by atoms with Crippen molar-refractivity contribution < 1.29 is 14.6 Å². The summed E-state index contributed by atoms with van der Waals surface area (Å²) >= 11 is 3.44.